The second-order valence-electron chi connectivity index (χ2n) is 3.93. The van der Waals surface area contributed by atoms with E-state index in [2.05, 4.69) is 13.3 Å². The van der Waals surface area contributed by atoms with Crippen molar-refractivity contribution in [1.29, 1.82) is 0 Å². The molecule has 0 amide bonds. The fraction of sp³-hybridized carbons (Fsp3) is 0.889. The van der Waals surface area contributed by atoms with Crippen molar-refractivity contribution in [2.75, 3.05) is 0 Å². The third-order valence-corrected chi connectivity index (χ3v) is 3.32. The number of rotatable bonds is 0. The predicted octanol–water partition coefficient (Wildman–Crippen LogP) is 2.79. The van der Waals surface area contributed by atoms with Crippen LogP contribution in [0.3, 0.4) is 0 Å². The van der Waals surface area contributed by atoms with Gasteiger partial charge in [0.2, 0.25) is 0 Å². The van der Waals surface area contributed by atoms with E-state index in [4.69, 9.17) is 0 Å². The van der Waals surface area contributed by atoms with E-state index in [-0.39, 0.29) is 0 Å². The Kier molecular flexibility index (Phi) is 1.12. The van der Waals surface area contributed by atoms with E-state index in [1.54, 1.807) is 0 Å². The lowest BCUT2D eigenvalue weighted by Gasteiger charge is -2.50. The SMILES string of the molecule is CC12CCC[CH]C1CC2. The van der Waals surface area contributed by atoms with Gasteiger partial charge in [0.15, 0.2) is 0 Å². The quantitative estimate of drug-likeness (QED) is 0.464. The third-order valence-electron chi connectivity index (χ3n) is 3.32. The predicted molar refractivity (Wildman–Crippen MR) is 39.0 cm³/mol. The molecule has 0 aromatic carbocycles. The van der Waals surface area contributed by atoms with E-state index in [9.17, 15) is 0 Å². The molecule has 2 saturated carbocycles. The first kappa shape index (κ1) is 5.76. The Morgan fingerprint density at radius 1 is 1.44 bits per heavy atom. The van der Waals surface area contributed by atoms with Crippen LogP contribution in [0.25, 0.3) is 0 Å². The Morgan fingerprint density at radius 3 is 2.67 bits per heavy atom. The summed E-state index contributed by atoms with van der Waals surface area (Å²) in [7, 11) is 0. The first-order chi connectivity index (χ1) is 4.31. The highest BCUT2D eigenvalue weighted by molar-refractivity contribution is 5.02. The molecule has 1 radical (unpaired) electrons. The molecule has 2 rings (SSSR count). The van der Waals surface area contributed by atoms with Crippen LogP contribution >= 0.6 is 0 Å². The molecular weight excluding hydrogens is 108 g/mol. The molecule has 2 fully saturated rings. The first-order valence-corrected chi connectivity index (χ1v) is 4.15. The maximum atomic E-state index is 2.55. The van der Waals surface area contributed by atoms with Gasteiger partial charge in [0.05, 0.1) is 0 Å². The van der Waals surface area contributed by atoms with Gasteiger partial charge in [-0.15, -0.1) is 0 Å². The van der Waals surface area contributed by atoms with Crippen molar-refractivity contribution in [2.24, 2.45) is 11.3 Å². The molecule has 0 spiro atoms. The summed E-state index contributed by atoms with van der Waals surface area (Å²) in [5, 5.41) is 0. The highest BCUT2D eigenvalue weighted by atomic mass is 14.5. The van der Waals surface area contributed by atoms with Crippen LogP contribution in [-0.4, -0.2) is 0 Å². The fourth-order valence-corrected chi connectivity index (χ4v) is 2.34. The average molecular weight is 123 g/mol. The summed E-state index contributed by atoms with van der Waals surface area (Å²) in [6, 6.07) is 0. The smallest absolute Gasteiger partial charge is 0.0295 e. The second kappa shape index (κ2) is 1.74. The minimum atomic E-state index is 0.762. The van der Waals surface area contributed by atoms with Gasteiger partial charge in [-0.3, -0.25) is 0 Å². The molecule has 0 aromatic rings. The van der Waals surface area contributed by atoms with Crippen LogP contribution < -0.4 is 0 Å². The van der Waals surface area contributed by atoms with Crippen LogP contribution in [0.5, 0.6) is 0 Å². The molecule has 51 valence electrons. The summed E-state index contributed by atoms with van der Waals surface area (Å²) < 4.78 is 0. The zero-order valence-electron chi connectivity index (χ0n) is 6.19. The molecule has 9 heavy (non-hydrogen) atoms. The number of fused-ring (bicyclic) bond motifs is 1. The molecule has 0 aromatic heterocycles. The molecule has 2 unspecified atom stereocenters. The van der Waals surface area contributed by atoms with Crippen molar-refractivity contribution < 1.29 is 0 Å². The molecule has 0 bridgehead atoms. The van der Waals surface area contributed by atoms with Crippen molar-refractivity contribution >= 4 is 0 Å². The Balaban J connectivity index is 2.05. The van der Waals surface area contributed by atoms with Crippen LogP contribution in [0.2, 0.25) is 0 Å². The maximum Gasteiger partial charge on any atom is -0.0295 e. The summed E-state index contributed by atoms with van der Waals surface area (Å²) in [5.74, 6) is 1.01. The standard InChI is InChI=1S/C9H15/c1-9-6-3-2-4-8(9)5-7-9/h4,8H,2-3,5-7H2,1H3. The van der Waals surface area contributed by atoms with E-state index in [0.717, 1.165) is 11.3 Å². The topological polar surface area (TPSA) is 0 Å². The summed E-state index contributed by atoms with van der Waals surface area (Å²) >= 11 is 0. The number of hydrogen-bond donors (Lipinski definition) is 0. The van der Waals surface area contributed by atoms with E-state index in [1.807, 2.05) is 0 Å². The normalized spacial score (nSPS) is 49.7. The second-order valence-corrected chi connectivity index (χ2v) is 3.93. The first-order valence-electron chi connectivity index (χ1n) is 4.15. The van der Waals surface area contributed by atoms with Gasteiger partial charge in [0, 0.05) is 0 Å². The van der Waals surface area contributed by atoms with Gasteiger partial charge >= 0.3 is 0 Å². The third kappa shape index (κ3) is 0.720. The van der Waals surface area contributed by atoms with Crippen molar-refractivity contribution in [3.05, 3.63) is 6.42 Å². The lowest BCUT2D eigenvalue weighted by molar-refractivity contribution is 0.0413. The molecule has 0 heteroatoms. The van der Waals surface area contributed by atoms with Crippen LogP contribution in [0.1, 0.15) is 39.0 Å². The summed E-state index contributed by atoms with van der Waals surface area (Å²) in [5.41, 5.74) is 0.762. The Hall–Kier alpha value is 0. The zero-order valence-corrected chi connectivity index (χ0v) is 6.19. The van der Waals surface area contributed by atoms with Gasteiger partial charge in [0.25, 0.3) is 0 Å². The molecule has 0 N–H and O–H groups in total. The minimum Gasteiger partial charge on any atom is -0.0594 e. The van der Waals surface area contributed by atoms with Crippen LogP contribution in [0.4, 0.5) is 0 Å². The van der Waals surface area contributed by atoms with E-state index < -0.39 is 0 Å². The van der Waals surface area contributed by atoms with E-state index >= 15 is 0 Å². The summed E-state index contributed by atoms with van der Waals surface area (Å²) in [4.78, 5) is 0. The van der Waals surface area contributed by atoms with Gasteiger partial charge < -0.3 is 0 Å². The van der Waals surface area contributed by atoms with Gasteiger partial charge in [-0.05, 0) is 43.4 Å². The largest absolute Gasteiger partial charge is 0.0594 e. The Labute approximate surface area is 57.6 Å². The lowest BCUT2D eigenvalue weighted by atomic mass is 9.55. The van der Waals surface area contributed by atoms with Crippen molar-refractivity contribution in [3.63, 3.8) is 0 Å². The molecule has 2 aliphatic carbocycles. The molecule has 0 heterocycles. The average Bonchev–Trinajstić information content (AvgIpc) is 1.82. The zero-order chi connectivity index (χ0) is 6.32. The van der Waals surface area contributed by atoms with Crippen LogP contribution in [-0.2, 0) is 0 Å². The lowest BCUT2D eigenvalue weighted by Crippen LogP contribution is -2.40. The summed E-state index contributed by atoms with van der Waals surface area (Å²) in [6.45, 7) is 2.46. The molecule has 2 atom stereocenters. The molecule has 0 aliphatic heterocycles. The number of hydrogen-bond acceptors (Lipinski definition) is 0. The molecular formula is C9H15. The monoisotopic (exact) mass is 123 g/mol. The van der Waals surface area contributed by atoms with E-state index in [1.165, 1.54) is 32.1 Å². The van der Waals surface area contributed by atoms with Crippen molar-refractivity contribution in [1.82, 2.24) is 0 Å². The van der Waals surface area contributed by atoms with Crippen molar-refractivity contribution in [3.8, 4) is 0 Å². The van der Waals surface area contributed by atoms with Gasteiger partial charge in [0.1, 0.15) is 0 Å². The summed E-state index contributed by atoms with van der Waals surface area (Å²) in [6.07, 6.45) is 9.86. The van der Waals surface area contributed by atoms with Gasteiger partial charge in [-0.2, -0.15) is 0 Å². The van der Waals surface area contributed by atoms with Crippen LogP contribution in [0.15, 0.2) is 0 Å². The Morgan fingerprint density at radius 2 is 2.33 bits per heavy atom. The highest BCUT2D eigenvalue weighted by Gasteiger charge is 2.43. The maximum absolute atomic E-state index is 2.55. The van der Waals surface area contributed by atoms with Crippen LogP contribution in [0, 0.1) is 17.8 Å². The molecule has 0 nitrogen and oxygen atoms in total. The van der Waals surface area contributed by atoms with Gasteiger partial charge in [-0.25, -0.2) is 0 Å². The fourth-order valence-electron chi connectivity index (χ4n) is 2.34. The highest BCUT2D eigenvalue weighted by Crippen LogP contribution is 2.54. The Bertz CT molecular complexity index is 117. The van der Waals surface area contributed by atoms with E-state index in [0.29, 0.717) is 0 Å². The molecule has 2 aliphatic rings. The minimum absolute atomic E-state index is 0.762. The van der Waals surface area contributed by atoms with Gasteiger partial charge in [-0.1, -0.05) is 13.3 Å². The molecule has 0 saturated heterocycles. The van der Waals surface area contributed by atoms with Crippen molar-refractivity contribution in [2.45, 2.75) is 39.0 Å².